The molecule has 0 saturated carbocycles. The summed E-state index contributed by atoms with van der Waals surface area (Å²) in [7, 11) is -2.40. The van der Waals surface area contributed by atoms with Crippen LogP contribution in [0.2, 0.25) is 0 Å². The van der Waals surface area contributed by atoms with Crippen molar-refractivity contribution in [3.05, 3.63) is 60.3 Å². The molecule has 0 aliphatic rings. The Morgan fingerprint density at radius 2 is 1.93 bits per heavy atom. The van der Waals surface area contributed by atoms with Gasteiger partial charge < -0.3 is 23.6 Å². The predicted octanol–water partition coefficient (Wildman–Crippen LogP) is 1.62. The molecule has 4 aromatic rings. The van der Waals surface area contributed by atoms with E-state index in [0.717, 1.165) is 5.39 Å². The molecule has 0 bridgehead atoms. The molecule has 0 atom stereocenters. The van der Waals surface area contributed by atoms with Gasteiger partial charge in [-0.15, -0.1) is 0 Å². The topological polar surface area (TPSA) is 114 Å². The van der Waals surface area contributed by atoms with Crippen LogP contribution in [0.4, 0.5) is 0 Å². The number of benzene rings is 2. The first-order chi connectivity index (χ1) is 13.9. The fourth-order valence-electron chi connectivity index (χ4n) is 3.23. The monoisotopic (exact) mass is 413 g/mol. The minimum absolute atomic E-state index is 0.121. The maximum Gasteiger partial charge on any atom is 0.274 e. The molecular weight excluding hydrogens is 396 g/mol. The summed E-state index contributed by atoms with van der Waals surface area (Å²) >= 11 is 0. The zero-order valence-electron chi connectivity index (χ0n) is 15.4. The van der Waals surface area contributed by atoms with Crippen LogP contribution in [0.15, 0.2) is 64.1 Å². The van der Waals surface area contributed by atoms with E-state index in [4.69, 9.17) is 9.15 Å². The van der Waals surface area contributed by atoms with Crippen molar-refractivity contribution in [1.29, 1.82) is 0 Å². The van der Waals surface area contributed by atoms with E-state index in [1.54, 1.807) is 48.5 Å². The van der Waals surface area contributed by atoms with E-state index in [0.29, 0.717) is 27.9 Å². The van der Waals surface area contributed by atoms with Crippen molar-refractivity contribution in [2.24, 2.45) is 0 Å². The number of rotatable bonds is 7. The second kappa shape index (κ2) is 7.26. The Morgan fingerprint density at radius 1 is 1.14 bits per heavy atom. The lowest BCUT2D eigenvalue weighted by Crippen LogP contribution is -2.30. The molecule has 9 heteroatoms. The molecular formula is C20H17N2O6S-. The van der Waals surface area contributed by atoms with Crippen molar-refractivity contribution in [3.63, 3.8) is 0 Å². The van der Waals surface area contributed by atoms with Gasteiger partial charge in [-0.1, -0.05) is 18.2 Å². The zero-order valence-corrected chi connectivity index (χ0v) is 16.2. The highest BCUT2D eigenvalue weighted by Crippen LogP contribution is 2.26. The van der Waals surface area contributed by atoms with Crippen molar-refractivity contribution in [1.82, 2.24) is 9.29 Å². The van der Waals surface area contributed by atoms with Crippen LogP contribution in [0.25, 0.3) is 21.9 Å². The summed E-state index contributed by atoms with van der Waals surface area (Å²) in [6.45, 7) is -0.527. The fraction of sp³-hybridized carbons (Fsp3) is 0.150. The number of nitrogens with one attached hydrogen (secondary N) is 1. The lowest BCUT2D eigenvalue weighted by atomic mass is 10.2. The number of hydrogen-bond donors (Lipinski definition) is 1. The van der Waals surface area contributed by atoms with Crippen LogP contribution in [-0.4, -0.2) is 26.1 Å². The summed E-state index contributed by atoms with van der Waals surface area (Å²) in [5.74, 6) is -0.669. The van der Waals surface area contributed by atoms with Crippen LogP contribution in [0.3, 0.4) is 0 Å². The average molecular weight is 413 g/mol. The second-order valence-electron chi connectivity index (χ2n) is 6.45. The molecule has 0 aliphatic carbocycles. The number of hydrogen-bond acceptors (Lipinski definition) is 6. The third-order valence-electron chi connectivity index (χ3n) is 4.59. The zero-order chi connectivity index (χ0) is 20.6. The lowest BCUT2D eigenvalue weighted by Gasteiger charge is -2.12. The Labute approximate surface area is 166 Å². The Hall–Kier alpha value is -3.30. The number of methoxy groups -OCH3 is 1. The van der Waals surface area contributed by atoms with Crippen LogP contribution >= 0.6 is 0 Å². The van der Waals surface area contributed by atoms with Crippen molar-refractivity contribution < 1.29 is 27.5 Å². The van der Waals surface area contributed by atoms with E-state index < -0.39 is 22.5 Å². The number of furan rings is 1. The van der Waals surface area contributed by atoms with E-state index >= 15 is 0 Å². The van der Waals surface area contributed by atoms with E-state index in [1.165, 1.54) is 17.7 Å². The molecule has 0 fully saturated rings. The van der Waals surface area contributed by atoms with Crippen LogP contribution in [0, 0.1) is 0 Å². The molecule has 0 spiro atoms. The molecule has 0 saturated heterocycles. The molecule has 2 aromatic heterocycles. The number of carboxylic acids is 1. The molecule has 0 aliphatic heterocycles. The van der Waals surface area contributed by atoms with Crippen molar-refractivity contribution in [2.45, 2.75) is 18.2 Å². The molecule has 2 aromatic carbocycles. The van der Waals surface area contributed by atoms with Crippen LogP contribution in [0.1, 0.15) is 5.69 Å². The normalized spacial score (nSPS) is 11.9. The Morgan fingerprint density at radius 3 is 2.66 bits per heavy atom. The number of sulfonamides is 1. The molecule has 2 heterocycles. The van der Waals surface area contributed by atoms with E-state index in [1.807, 2.05) is 0 Å². The summed E-state index contributed by atoms with van der Waals surface area (Å²) in [5, 5.41) is 12.4. The minimum Gasteiger partial charge on any atom is -0.548 e. The third-order valence-corrected chi connectivity index (χ3v) is 5.85. The molecule has 4 rings (SSSR count). The van der Waals surface area contributed by atoms with Crippen molar-refractivity contribution in [2.75, 3.05) is 7.11 Å². The van der Waals surface area contributed by atoms with Gasteiger partial charge in [0.05, 0.1) is 26.2 Å². The highest BCUT2D eigenvalue weighted by Gasteiger charge is 2.20. The van der Waals surface area contributed by atoms with Gasteiger partial charge >= 0.3 is 0 Å². The molecule has 0 unspecified atom stereocenters. The van der Waals surface area contributed by atoms with Crippen molar-refractivity contribution in [3.8, 4) is 5.75 Å². The minimum atomic E-state index is -3.93. The van der Waals surface area contributed by atoms with Gasteiger partial charge in [-0.2, -0.15) is 0 Å². The number of aromatic nitrogens is 1. The molecule has 0 radical (unpaired) electrons. The number of ether oxygens (including phenoxy) is 1. The summed E-state index contributed by atoms with van der Waals surface area (Å²) in [5.41, 5.74) is 1.57. The maximum atomic E-state index is 12.7. The SMILES string of the molecule is COc1ccc2c(c1)cc(CNS(=O)(=O)c1cc3ccccc3o1)n2CC(=O)[O-]. The molecule has 0 amide bonds. The molecule has 8 nitrogen and oxygen atoms in total. The highest BCUT2D eigenvalue weighted by molar-refractivity contribution is 7.89. The first-order valence-electron chi connectivity index (χ1n) is 8.71. The van der Waals surface area contributed by atoms with Gasteiger partial charge in [0.25, 0.3) is 10.0 Å². The largest absolute Gasteiger partial charge is 0.548 e. The van der Waals surface area contributed by atoms with Gasteiger partial charge in [0.1, 0.15) is 11.3 Å². The smallest absolute Gasteiger partial charge is 0.274 e. The number of carbonyl (C=O) groups is 1. The summed E-state index contributed by atoms with van der Waals surface area (Å²) in [6.07, 6.45) is 0. The fourth-order valence-corrected chi connectivity index (χ4v) is 4.19. The van der Waals surface area contributed by atoms with Crippen LogP contribution in [0.5, 0.6) is 5.75 Å². The van der Waals surface area contributed by atoms with Gasteiger partial charge in [-0.3, -0.25) is 0 Å². The number of para-hydroxylation sites is 1. The quantitative estimate of drug-likeness (QED) is 0.493. The first kappa shape index (κ1) is 19.0. The number of fused-ring (bicyclic) bond motifs is 2. The first-order valence-corrected chi connectivity index (χ1v) is 10.2. The van der Waals surface area contributed by atoms with Gasteiger partial charge in [0.15, 0.2) is 0 Å². The van der Waals surface area contributed by atoms with E-state index in [9.17, 15) is 18.3 Å². The van der Waals surface area contributed by atoms with Gasteiger partial charge in [0, 0.05) is 28.0 Å². The van der Waals surface area contributed by atoms with Crippen molar-refractivity contribution >= 4 is 37.9 Å². The number of aliphatic carboxylic acids is 1. The second-order valence-corrected chi connectivity index (χ2v) is 8.14. The van der Waals surface area contributed by atoms with E-state index in [-0.39, 0.29) is 11.6 Å². The van der Waals surface area contributed by atoms with Gasteiger partial charge in [-0.25, -0.2) is 13.1 Å². The highest BCUT2D eigenvalue weighted by atomic mass is 32.2. The van der Waals surface area contributed by atoms with Crippen LogP contribution < -0.4 is 14.6 Å². The number of nitrogens with zero attached hydrogens (tertiary/aromatic N) is 1. The summed E-state index contributed by atoms with van der Waals surface area (Å²) in [6, 6.07) is 15.3. The predicted molar refractivity (Wildman–Crippen MR) is 104 cm³/mol. The van der Waals surface area contributed by atoms with E-state index in [2.05, 4.69) is 4.72 Å². The summed E-state index contributed by atoms with van der Waals surface area (Å²) in [4.78, 5) is 11.2. The Kier molecular flexibility index (Phi) is 4.77. The lowest BCUT2D eigenvalue weighted by molar-refractivity contribution is -0.306. The average Bonchev–Trinajstić information content (AvgIpc) is 3.28. The molecule has 1 N–H and O–H groups in total. The van der Waals surface area contributed by atoms with Crippen LogP contribution in [-0.2, 0) is 27.9 Å². The molecule has 29 heavy (non-hydrogen) atoms. The van der Waals surface area contributed by atoms with Gasteiger partial charge in [-0.05, 0) is 30.3 Å². The standard InChI is InChI=1S/C20H18N2O6S/c1-27-16-6-7-17-14(9-16)8-15(22(17)12-19(23)24)11-21-29(25,26)20-10-13-4-2-3-5-18(13)28-20/h2-10,21H,11-12H2,1H3,(H,23,24)/p-1. The molecule has 150 valence electrons. The van der Waals surface area contributed by atoms with Gasteiger partial charge in [0.2, 0.25) is 5.09 Å². The maximum absolute atomic E-state index is 12.7. The summed E-state index contributed by atoms with van der Waals surface area (Å²) < 4.78 is 39.9. The number of carbonyl (C=O) groups excluding carboxylic acids is 1. The Bertz CT molecular complexity index is 1290. The number of carboxylic acid groups (broad SMARTS) is 1. The third kappa shape index (κ3) is 3.69. The Balaban J connectivity index is 1.66.